The summed E-state index contributed by atoms with van der Waals surface area (Å²) in [5.74, 6) is -1.46. The van der Waals surface area contributed by atoms with Crippen molar-refractivity contribution in [2.75, 3.05) is 6.61 Å². The van der Waals surface area contributed by atoms with Gasteiger partial charge in [-0.3, -0.25) is 0 Å². The third-order valence-corrected chi connectivity index (χ3v) is 3.45. The van der Waals surface area contributed by atoms with Crippen LogP contribution in [0.1, 0.15) is 27.7 Å². The number of hydrogen-bond acceptors (Lipinski definition) is 6. The zero-order chi connectivity index (χ0) is 13.1. The highest BCUT2D eigenvalue weighted by atomic mass is 16.8. The quantitative estimate of drug-likeness (QED) is 0.679. The second kappa shape index (κ2) is 3.88. The maximum Gasteiger partial charge on any atom is 0.190 e. The molecule has 3 aliphatic heterocycles. The fourth-order valence-electron chi connectivity index (χ4n) is 2.67. The van der Waals surface area contributed by atoms with Gasteiger partial charge in [0.15, 0.2) is 17.9 Å². The van der Waals surface area contributed by atoms with Crippen molar-refractivity contribution in [1.82, 2.24) is 0 Å². The van der Waals surface area contributed by atoms with E-state index in [1.807, 2.05) is 13.8 Å². The van der Waals surface area contributed by atoms with E-state index < -0.39 is 36.2 Å². The van der Waals surface area contributed by atoms with Crippen LogP contribution >= 0.6 is 0 Å². The first kappa shape index (κ1) is 12.8. The summed E-state index contributed by atoms with van der Waals surface area (Å²) in [5, 5.41) is 10.4. The molecule has 6 heteroatoms. The molecule has 3 aliphatic rings. The van der Waals surface area contributed by atoms with Crippen LogP contribution in [0.2, 0.25) is 0 Å². The van der Waals surface area contributed by atoms with Gasteiger partial charge in [-0.05, 0) is 27.7 Å². The third-order valence-electron chi connectivity index (χ3n) is 3.45. The van der Waals surface area contributed by atoms with E-state index in [4.69, 9.17) is 23.7 Å². The molecule has 0 spiro atoms. The number of aliphatic hydroxyl groups is 1. The Balaban J connectivity index is 1.80. The highest BCUT2D eigenvalue weighted by Crippen LogP contribution is 2.40. The molecule has 0 saturated carbocycles. The molecule has 3 rings (SSSR count). The maximum atomic E-state index is 10.4. The second-order valence-corrected chi connectivity index (χ2v) is 5.93. The Morgan fingerprint density at radius 1 is 0.944 bits per heavy atom. The number of fused-ring (bicyclic) bond motifs is 2. The Bertz CT molecular complexity index is 339. The Morgan fingerprint density at radius 2 is 1.61 bits per heavy atom. The van der Waals surface area contributed by atoms with Gasteiger partial charge in [0.2, 0.25) is 0 Å². The molecule has 0 bridgehead atoms. The van der Waals surface area contributed by atoms with Gasteiger partial charge < -0.3 is 28.8 Å². The summed E-state index contributed by atoms with van der Waals surface area (Å²) in [6.07, 6.45) is -2.64. The zero-order valence-corrected chi connectivity index (χ0v) is 11.1. The molecule has 0 aromatic heterocycles. The summed E-state index contributed by atoms with van der Waals surface area (Å²) in [5.41, 5.74) is 0. The Kier molecular flexibility index (Phi) is 2.75. The first-order valence-corrected chi connectivity index (χ1v) is 6.28. The summed E-state index contributed by atoms with van der Waals surface area (Å²) in [6.45, 7) is 7.61. The summed E-state index contributed by atoms with van der Waals surface area (Å²) in [6, 6.07) is 0. The van der Waals surface area contributed by atoms with Crippen molar-refractivity contribution in [2.24, 2.45) is 0 Å². The lowest BCUT2D eigenvalue weighted by molar-refractivity contribution is -0.365. The molecular formula is C12H20O6. The molecule has 1 N–H and O–H groups in total. The highest BCUT2D eigenvalue weighted by Gasteiger charge is 2.57. The standard InChI is InChI=1S/C12H20O6/c1-11(2)14-5-6-8(16-11)7(13)9-10(15-6)18-12(3,4)17-9/h6-10,13H,5H2,1-4H3/t6-,7+,8+,9-,10-/m1/s1. The van der Waals surface area contributed by atoms with Crippen LogP contribution in [0.25, 0.3) is 0 Å². The Labute approximate surface area is 106 Å². The monoisotopic (exact) mass is 260 g/mol. The topological polar surface area (TPSA) is 66.4 Å². The van der Waals surface area contributed by atoms with Crippen LogP contribution < -0.4 is 0 Å². The van der Waals surface area contributed by atoms with Crippen LogP contribution in [0.4, 0.5) is 0 Å². The molecule has 104 valence electrons. The lowest BCUT2D eigenvalue weighted by Gasteiger charge is -2.47. The van der Waals surface area contributed by atoms with E-state index in [1.54, 1.807) is 13.8 Å². The fraction of sp³-hybridized carbons (Fsp3) is 1.00. The van der Waals surface area contributed by atoms with Gasteiger partial charge in [0, 0.05) is 0 Å². The van der Waals surface area contributed by atoms with E-state index in [-0.39, 0.29) is 6.10 Å². The van der Waals surface area contributed by atoms with E-state index in [0.717, 1.165) is 0 Å². The Morgan fingerprint density at radius 3 is 2.33 bits per heavy atom. The molecule has 3 heterocycles. The van der Waals surface area contributed by atoms with Crippen molar-refractivity contribution in [3.05, 3.63) is 0 Å². The molecular weight excluding hydrogens is 240 g/mol. The number of aliphatic hydroxyl groups excluding tert-OH is 1. The largest absolute Gasteiger partial charge is 0.387 e. The van der Waals surface area contributed by atoms with Gasteiger partial charge in [-0.2, -0.15) is 0 Å². The molecule has 0 radical (unpaired) electrons. The van der Waals surface area contributed by atoms with E-state index in [9.17, 15) is 5.11 Å². The summed E-state index contributed by atoms with van der Waals surface area (Å²) < 4.78 is 28.3. The van der Waals surface area contributed by atoms with Crippen LogP contribution in [-0.2, 0) is 23.7 Å². The first-order chi connectivity index (χ1) is 8.27. The van der Waals surface area contributed by atoms with Gasteiger partial charge >= 0.3 is 0 Å². The van der Waals surface area contributed by atoms with Crippen molar-refractivity contribution in [3.63, 3.8) is 0 Å². The molecule has 5 atom stereocenters. The van der Waals surface area contributed by atoms with Crippen LogP contribution in [0.5, 0.6) is 0 Å². The van der Waals surface area contributed by atoms with E-state index in [0.29, 0.717) is 6.61 Å². The summed E-state index contributed by atoms with van der Waals surface area (Å²) in [7, 11) is 0. The van der Waals surface area contributed by atoms with Gasteiger partial charge in [-0.25, -0.2) is 0 Å². The number of ether oxygens (including phenoxy) is 5. The van der Waals surface area contributed by atoms with Gasteiger partial charge in [-0.1, -0.05) is 0 Å². The molecule has 3 saturated heterocycles. The lowest BCUT2D eigenvalue weighted by Crippen LogP contribution is -2.63. The molecule has 0 aromatic carbocycles. The molecule has 0 aliphatic carbocycles. The van der Waals surface area contributed by atoms with Gasteiger partial charge in [-0.15, -0.1) is 0 Å². The smallest absolute Gasteiger partial charge is 0.190 e. The van der Waals surface area contributed by atoms with Crippen LogP contribution in [0.15, 0.2) is 0 Å². The zero-order valence-electron chi connectivity index (χ0n) is 11.1. The summed E-state index contributed by atoms with van der Waals surface area (Å²) >= 11 is 0. The van der Waals surface area contributed by atoms with Crippen molar-refractivity contribution in [3.8, 4) is 0 Å². The SMILES string of the molecule is CC1(C)OC[C@H]2O[C@@H]3OC(C)(C)O[C@@H]3[C@@H](O)[C@H]2O1. The molecule has 18 heavy (non-hydrogen) atoms. The third kappa shape index (κ3) is 2.07. The predicted molar refractivity (Wildman–Crippen MR) is 59.6 cm³/mol. The molecule has 0 unspecified atom stereocenters. The second-order valence-electron chi connectivity index (χ2n) is 5.93. The maximum absolute atomic E-state index is 10.4. The average molecular weight is 260 g/mol. The minimum Gasteiger partial charge on any atom is -0.387 e. The van der Waals surface area contributed by atoms with Crippen molar-refractivity contribution < 1.29 is 28.8 Å². The molecule has 0 amide bonds. The van der Waals surface area contributed by atoms with Gasteiger partial charge in [0.05, 0.1) is 6.61 Å². The minimum atomic E-state index is -0.779. The first-order valence-electron chi connectivity index (χ1n) is 6.28. The van der Waals surface area contributed by atoms with Crippen molar-refractivity contribution in [1.29, 1.82) is 0 Å². The van der Waals surface area contributed by atoms with Gasteiger partial charge in [0.25, 0.3) is 0 Å². The number of hydrogen-bond donors (Lipinski definition) is 1. The molecule has 3 fully saturated rings. The van der Waals surface area contributed by atoms with Crippen molar-refractivity contribution >= 4 is 0 Å². The van der Waals surface area contributed by atoms with E-state index in [1.165, 1.54) is 0 Å². The predicted octanol–water partition coefficient (Wildman–Crippen LogP) is 0.375. The molecule has 0 aromatic rings. The van der Waals surface area contributed by atoms with Crippen molar-refractivity contribution in [2.45, 2.75) is 70.0 Å². The lowest BCUT2D eigenvalue weighted by atomic mass is 9.97. The number of rotatable bonds is 0. The van der Waals surface area contributed by atoms with Crippen LogP contribution in [-0.4, -0.2) is 54.0 Å². The normalized spacial score (nSPS) is 49.5. The van der Waals surface area contributed by atoms with E-state index in [2.05, 4.69) is 0 Å². The molecule has 6 nitrogen and oxygen atoms in total. The average Bonchev–Trinajstić information content (AvgIpc) is 2.54. The summed E-state index contributed by atoms with van der Waals surface area (Å²) in [4.78, 5) is 0. The van der Waals surface area contributed by atoms with Crippen LogP contribution in [0, 0.1) is 0 Å². The van der Waals surface area contributed by atoms with Gasteiger partial charge in [0.1, 0.15) is 24.4 Å². The highest BCUT2D eigenvalue weighted by molar-refractivity contribution is 4.97. The van der Waals surface area contributed by atoms with Crippen LogP contribution in [0.3, 0.4) is 0 Å². The van der Waals surface area contributed by atoms with E-state index >= 15 is 0 Å². The minimum absolute atomic E-state index is 0.327. The Hall–Kier alpha value is -0.240. The fourth-order valence-corrected chi connectivity index (χ4v) is 2.67.